The van der Waals surface area contributed by atoms with E-state index in [0.717, 1.165) is 0 Å². The quantitative estimate of drug-likeness (QED) is 0.405. The third-order valence-electron chi connectivity index (χ3n) is 1.08. The molecule has 14 heavy (non-hydrogen) atoms. The van der Waals surface area contributed by atoms with Crippen molar-refractivity contribution in [3.63, 3.8) is 0 Å². The molecule has 7 nitrogen and oxygen atoms in total. The molecule has 0 heterocycles. The first-order valence-corrected chi connectivity index (χ1v) is 5.54. The van der Waals surface area contributed by atoms with Crippen LogP contribution in [0.1, 0.15) is 6.92 Å². The highest BCUT2D eigenvalue weighted by Gasteiger charge is 2.10. The summed E-state index contributed by atoms with van der Waals surface area (Å²) in [6, 6.07) is 0. The van der Waals surface area contributed by atoms with Crippen LogP contribution in [0.2, 0.25) is 0 Å². The molecule has 0 aliphatic heterocycles. The Balaban J connectivity index is 3.67. The molecule has 0 spiro atoms. The number of sulfonamides is 1. The van der Waals surface area contributed by atoms with Gasteiger partial charge in [0.2, 0.25) is 10.0 Å². The zero-order valence-corrected chi connectivity index (χ0v) is 8.54. The Labute approximate surface area is 82.0 Å². The zero-order chi connectivity index (χ0) is 11.0. The molecule has 0 aliphatic carbocycles. The molecule has 0 saturated carbocycles. The van der Waals surface area contributed by atoms with E-state index < -0.39 is 22.6 Å². The Bertz CT molecular complexity index is 261. The van der Waals surface area contributed by atoms with Crippen molar-refractivity contribution < 1.29 is 27.9 Å². The molecule has 0 aromatic carbocycles. The summed E-state index contributed by atoms with van der Waals surface area (Å²) in [6.45, 7) is 1.49. The van der Waals surface area contributed by atoms with Crippen LogP contribution in [0.4, 0.5) is 0 Å². The summed E-state index contributed by atoms with van der Waals surface area (Å²) in [5.74, 6) is -1.52. The summed E-state index contributed by atoms with van der Waals surface area (Å²) in [7, 11) is -3.61. The van der Waals surface area contributed by atoms with E-state index in [2.05, 4.69) is 4.84 Å². The second-order valence-electron chi connectivity index (χ2n) is 2.28. The molecule has 0 fully saturated rings. The number of carboxylic acids is 1. The van der Waals surface area contributed by atoms with Gasteiger partial charge in [-0.15, -0.1) is 0 Å². The molecule has 0 aliphatic rings. The predicted molar refractivity (Wildman–Crippen MR) is 47.0 cm³/mol. The Kier molecular flexibility index (Phi) is 6.37. The first-order chi connectivity index (χ1) is 6.48. The normalized spacial score (nSPS) is 11.5. The topological polar surface area (TPSA) is 102 Å². The molecule has 0 bridgehead atoms. The number of hydrogen-bond acceptors (Lipinski definition) is 5. The maximum atomic E-state index is 11.0. The largest absolute Gasteiger partial charge is 0.479 e. The standard InChI is InChI=1S/C6H13NO6S/c1-2-12-3-4-14(10,11)7-13-5-6(8)9/h7H,2-5H2,1H3,(H,8,9). The Morgan fingerprint density at radius 3 is 2.64 bits per heavy atom. The van der Waals surface area contributed by atoms with Gasteiger partial charge >= 0.3 is 5.97 Å². The molecule has 0 aromatic heterocycles. The molecule has 0 unspecified atom stereocenters. The molecule has 0 amide bonds. The van der Waals surface area contributed by atoms with Gasteiger partial charge in [-0.3, -0.25) is 4.84 Å². The van der Waals surface area contributed by atoms with Crippen molar-refractivity contribution in [1.82, 2.24) is 4.89 Å². The lowest BCUT2D eigenvalue weighted by molar-refractivity contribution is -0.143. The molecule has 0 aromatic rings. The van der Waals surface area contributed by atoms with E-state index in [9.17, 15) is 13.2 Å². The van der Waals surface area contributed by atoms with Gasteiger partial charge in [0.1, 0.15) is 0 Å². The van der Waals surface area contributed by atoms with Crippen molar-refractivity contribution in [2.75, 3.05) is 25.6 Å². The van der Waals surface area contributed by atoms with Crippen LogP contribution in [0.3, 0.4) is 0 Å². The fourth-order valence-electron chi connectivity index (χ4n) is 0.536. The Hall–Kier alpha value is -0.700. The van der Waals surface area contributed by atoms with E-state index in [1.165, 1.54) is 0 Å². The zero-order valence-electron chi connectivity index (χ0n) is 7.73. The Morgan fingerprint density at radius 1 is 1.50 bits per heavy atom. The van der Waals surface area contributed by atoms with E-state index in [1.807, 2.05) is 0 Å². The maximum Gasteiger partial charge on any atom is 0.331 e. The van der Waals surface area contributed by atoms with Gasteiger partial charge in [-0.05, 0) is 6.92 Å². The lowest BCUT2D eigenvalue weighted by Gasteiger charge is -2.05. The van der Waals surface area contributed by atoms with Crippen molar-refractivity contribution in [3.05, 3.63) is 0 Å². The maximum absolute atomic E-state index is 11.0. The monoisotopic (exact) mass is 227 g/mol. The number of rotatable bonds is 8. The number of aliphatic carboxylic acids is 1. The summed E-state index contributed by atoms with van der Waals surface area (Å²) >= 11 is 0. The van der Waals surface area contributed by atoms with Gasteiger partial charge < -0.3 is 9.84 Å². The molecule has 0 rings (SSSR count). The fourth-order valence-corrected chi connectivity index (χ4v) is 1.19. The van der Waals surface area contributed by atoms with Crippen LogP contribution in [-0.2, 0) is 24.4 Å². The molecule has 0 radical (unpaired) electrons. The van der Waals surface area contributed by atoms with Crippen LogP contribution < -0.4 is 4.89 Å². The van der Waals surface area contributed by atoms with Crippen LogP contribution in [0.5, 0.6) is 0 Å². The average molecular weight is 227 g/mol. The summed E-state index contributed by atoms with van der Waals surface area (Å²) in [5, 5.41) is 8.14. The van der Waals surface area contributed by atoms with Gasteiger partial charge in [-0.25, -0.2) is 13.2 Å². The molecular formula is C6H13NO6S. The Morgan fingerprint density at radius 2 is 2.14 bits per heavy atom. The third kappa shape index (κ3) is 7.92. The number of hydrogen-bond donors (Lipinski definition) is 2. The van der Waals surface area contributed by atoms with E-state index in [1.54, 1.807) is 11.8 Å². The van der Waals surface area contributed by atoms with Gasteiger partial charge in [0.25, 0.3) is 0 Å². The van der Waals surface area contributed by atoms with Gasteiger partial charge in [0.05, 0.1) is 12.4 Å². The van der Waals surface area contributed by atoms with Crippen molar-refractivity contribution in [1.29, 1.82) is 0 Å². The second kappa shape index (κ2) is 6.71. The summed E-state index contributed by atoms with van der Waals surface area (Å²) in [6.07, 6.45) is 0. The smallest absolute Gasteiger partial charge is 0.331 e. The molecular weight excluding hydrogens is 214 g/mol. The van der Waals surface area contributed by atoms with Crippen molar-refractivity contribution >= 4 is 16.0 Å². The van der Waals surface area contributed by atoms with Crippen molar-refractivity contribution in [2.24, 2.45) is 0 Å². The van der Waals surface area contributed by atoms with E-state index >= 15 is 0 Å². The van der Waals surface area contributed by atoms with E-state index in [4.69, 9.17) is 9.84 Å². The molecule has 8 heteroatoms. The predicted octanol–water partition coefficient (Wildman–Crippen LogP) is -1.04. The summed E-state index contributed by atoms with van der Waals surface area (Å²) < 4.78 is 26.8. The van der Waals surface area contributed by atoms with Crippen LogP contribution >= 0.6 is 0 Å². The van der Waals surface area contributed by atoms with Gasteiger partial charge in [0.15, 0.2) is 6.61 Å². The molecule has 2 N–H and O–H groups in total. The van der Waals surface area contributed by atoms with Crippen LogP contribution in [0, 0.1) is 0 Å². The first kappa shape index (κ1) is 13.3. The van der Waals surface area contributed by atoms with Gasteiger partial charge in [-0.2, -0.15) is 0 Å². The van der Waals surface area contributed by atoms with Crippen LogP contribution in [0.15, 0.2) is 0 Å². The van der Waals surface area contributed by atoms with E-state index in [0.29, 0.717) is 6.61 Å². The lowest BCUT2D eigenvalue weighted by atomic mass is 10.8. The fraction of sp³-hybridized carbons (Fsp3) is 0.833. The van der Waals surface area contributed by atoms with Gasteiger partial charge in [-0.1, -0.05) is 4.89 Å². The minimum Gasteiger partial charge on any atom is -0.479 e. The molecule has 0 saturated heterocycles. The van der Waals surface area contributed by atoms with Crippen molar-refractivity contribution in [2.45, 2.75) is 6.92 Å². The van der Waals surface area contributed by atoms with Crippen LogP contribution in [0.25, 0.3) is 0 Å². The molecule has 84 valence electrons. The number of ether oxygens (including phenoxy) is 1. The highest BCUT2D eigenvalue weighted by molar-refractivity contribution is 7.89. The second-order valence-corrected chi connectivity index (χ2v) is 4.09. The average Bonchev–Trinajstić information content (AvgIpc) is 2.03. The van der Waals surface area contributed by atoms with Gasteiger partial charge in [0, 0.05) is 6.61 Å². The SMILES string of the molecule is CCOCCS(=O)(=O)NOCC(=O)O. The minimum atomic E-state index is -3.61. The highest BCUT2D eigenvalue weighted by atomic mass is 32.2. The number of nitrogens with one attached hydrogen (secondary N) is 1. The first-order valence-electron chi connectivity index (χ1n) is 3.88. The summed E-state index contributed by atoms with van der Waals surface area (Å²) in [5.41, 5.74) is 0. The third-order valence-corrected chi connectivity index (χ3v) is 2.16. The lowest BCUT2D eigenvalue weighted by Crippen LogP contribution is -2.30. The van der Waals surface area contributed by atoms with Crippen LogP contribution in [-0.4, -0.2) is 45.1 Å². The number of carboxylic acid groups (broad SMARTS) is 1. The van der Waals surface area contributed by atoms with E-state index in [-0.39, 0.29) is 12.4 Å². The summed E-state index contributed by atoms with van der Waals surface area (Å²) in [4.78, 5) is 15.8. The molecule has 0 atom stereocenters. The van der Waals surface area contributed by atoms with Crippen molar-refractivity contribution in [3.8, 4) is 0 Å². The minimum absolute atomic E-state index is 0.0439. The highest BCUT2D eigenvalue weighted by Crippen LogP contribution is 1.85. The number of carbonyl (C=O) groups is 1.